The van der Waals surface area contributed by atoms with Crippen LogP contribution >= 0.6 is 11.8 Å². The molecule has 0 unspecified atom stereocenters. The molecule has 1 aromatic carbocycles. The highest BCUT2D eigenvalue weighted by Gasteiger charge is 2.44. The summed E-state index contributed by atoms with van der Waals surface area (Å²) in [7, 11) is 3.07. The summed E-state index contributed by atoms with van der Waals surface area (Å²) < 4.78 is 16.5. The van der Waals surface area contributed by atoms with Crippen molar-refractivity contribution in [3.05, 3.63) is 45.8 Å². The molecule has 2 N–H and O–H groups in total. The minimum absolute atomic E-state index is 0.230. The van der Waals surface area contributed by atoms with Crippen molar-refractivity contribution in [2.75, 3.05) is 14.2 Å². The number of thioether (sulfide) groups is 1. The number of hydrogen-bond donors (Lipinski definition) is 1. The number of fused-ring (bicyclic) bond motifs is 1. The van der Waals surface area contributed by atoms with Gasteiger partial charge in [-0.2, -0.15) is 5.26 Å². The van der Waals surface area contributed by atoms with Crippen LogP contribution in [0.25, 0.3) is 0 Å². The number of benzene rings is 1. The van der Waals surface area contributed by atoms with Crippen LogP contribution in [0.4, 0.5) is 0 Å². The van der Waals surface area contributed by atoms with E-state index in [1.807, 2.05) is 6.07 Å². The zero-order chi connectivity index (χ0) is 21.3. The van der Waals surface area contributed by atoms with Gasteiger partial charge in [-0.3, -0.25) is 4.90 Å². The summed E-state index contributed by atoms with van der Waals surface area (Å²) in [6.45, 7) is 5.29. The van der Waals surface area contributed by atoms with Crippen molar-refractivity contribution in [1.82, 2.24) is 4.90 Å². The quantitative estimate of drug-likeness (QED) is 0.732. The van der Waals surface area contributed by atoms with Crippen LogP contribution < -0.4 is 15.2 Å². The Morgan fingerprint density at radius 1 is 1.34 bits per heavy atom. The van der Waals surface area contributed by atoms with Gasteiger partial charge in [-0.15, -0.1) is 0 Å². The topological polar surface area (TPSA) is 110 Å². The molecule has 0 radical (unpaired) electrons. The molecular formula is C20H22N4O4S. The van der Waals surface area contributed by atoms with Crippen molar-refractivity contribution >= 4 is 22.9 Å². The molecule has 8 nitrogen and oxygen atoms in total. The van der Waals surface area contributed by atoms with Gasteiger partial charge in [0, 0.05) is 5.56 Å². The van der Waals surface area contributed by atoms with E-state index >= 15 is 0 Å². The number of ether oxygens (including phenoxy) is 3. The largest absolute Gasteiger partial charge is 0.493 e. The van der Waals surface area contributed by atoms with Crippen molar-refractivity contribution in [3.63, 3.8) is 0 Å². The molecule has 152 valence electrons. The Hall–Kier alpha value is -3.12. The van der Waals surface area contributed by atoms with Gasteiger partial charge in [0.1, 0.15) is 22.8 Å². The Kier molecular flexibility index (Phi) is 5.75. The molecule has 0 aliphatic carbocycles. The third kappa shape index (κ3) is 3.51. The molecule has 29 heavy (non-hydrogen) atoms. The number of carbonyl (C=O) groups is 1. The zero-order valence-electron chi connectivity index (χ0n) is 16.8. The molecule has 9 heteroatoms. The molecule has 2 aliphatic rings. The molecule has 0 spiro atoms. The van der Waals surface area contributed by atoms with Gasteiger partial charge >= 0.3 is 5.97 Å². The van der Waals surface area contributed by atoms with E-state index < -0.39 is 12.0 Å². The van der Waals surface area contributed by atoms with Gasteiger partial charge in [-0.1, -0.05) is 12.1 Å². The number of hydrogen-bond acceptors (Lipinski definition) is 9. The lowest BCUT2D eigenvalue weighted by molar-refractivity contribution is -0.143. The van der Waals surface area contributed by atoms with Crippen molar-refractivity contribution in [1.29, 1.82) is 5.26 Å². The normalized spacial score (nSPS) is 18.4. The molecule has 0 saturated carbocycles. The lowest BCUT2D eigenvalue weighted by Gasteiger charge is -2.35. The molecular weight excluding hydrogens is 392 g/mol. The number of methoxy groups -OCH3 is 2. The molecule has 1 atom stereocenters. The average Bonchev–Trinajstić information content (AvgIpc) is 3.00. The van der Waals surface area contributed by atoms with Gasteiger partial charge in [-0.05, 0) is 38.6 Å². The van der Waals surface area contributed by atoms with E-state index in [1.165, 1.54) is 26.0 Å². The average molecular weight is 414 g/mol. The molecule has 1 aromatic rings. The summed E-state index contributed by atoms with van der Waals surface area (Å²) in [5, 5.41) is 9.96. The SMILES string of the molecule is COc1cccc([C@@H]2C(C(=O)OC(C)C)=C(C)N=C3SC(C#N)=C(N)N32)c1OC. The number of nitrogens with two attached hydrogens (primary N) is 1. The Balaban J connectivity index is 2.26. The highest BCUT2D eigenvalue weighted by Crippen LogP contribution is 2.48. The number of carbonyl (C=O) groups excluding carboxylic acids is 1. The molecule has 0 amide bonds. The van der Waals surface area contributed by atoms with Gasteiger partial charge in [0.05, 0.1) is 31.6 Å². The van der Waals surface area contributed by atoms with Crippen LogP contribution in [-0.2, 0) is 9.53 Å². The van der Waals surface area contributed by atoms with Gasteiger partial charge in [0.2, 0.25) is 0 Å². The summed E-state index contributed by atoms with van der Waals surface area (Å²) >= 11 is 1.17. The number of nitriles is 1. The smallest absolute Gasteiger partial charge is 0.338 e. The summed E-state index contributed by atoms with van der Waals surface area (Å²) in [4.78, 5) is 19.5. The lowest BCUT2D eigenvalue weighted by Crippen LogP contribution is -2.39. The van der Waals surface area contributed by atoms with Crippen LogP contribution in [0.5, 0.6) is 11.5 Å². The number of allylic oxidation sites excluding steroid dienone is 2. The fourth-order valence-electron chi connectivity index (χ4n) is 3.30. The number of esters is 1. The maximum atomic E-state index is 13.0. The fourth-order valence-corrected chi connectivity index (χ4v) is 4.22. The van der Waals surface area contributed by atoms with E-state index in [4.69, 9.17) is 19.9 Å². The monoisotopic (exact) mass is 414 g/mol. The van der Waals surface area contributed by atoms with Crippen molar-refractivity contribution in [2.24, 2.45) is 10.7 Å². The first kappa shape index (κ1) is 20.6. The van der Waals surface area contributed by atoms with E-state index in [2.05, 4.69) is 11.1 Å². The second kappa shape index (κ2) is 8.09. The standard InChI is InChI=1S/C20H22N4O4S/c1-10(2)28-19(25)15-11(3)23-20-24(18(22)14(9-21)29-20)16(15)12-7-6-8-13(26-4)17(12)27-5/h6-8,10,16H,22H2,1-5H3/t16-/m1/s1. The van der Waals surface area contributed by atoms with E-state index in [0.717, 1.165) is 0 Å². The molecule has 0 aromatic heterocycles. The third-order valence-corrected chi connectivity index (χ3v) is 5.44. The van der Waals surface area contributed by atoms with E-state index in [0.29, 0.717) is 38.4 Å². The number of aliphatic imine (C=N–C) groups is 1. The fraction of sp³-hybridized carbons (Fsp3) is 0.350. The zero-order valence-corrected chi connectivity index (χ0v) is 17.7. The Bertz CT molecular complexity index is 991. The maximum Gasteiger partial charge on any atom is 0.338 e. The van der Waals surface area contributed by atoms with Gasteiger partial charge < -0.3 is 19.9 Å². The first-order chi connectivity index (χ1) is 13.8. The molecule has 0 saturated heterocycles. The van der Waals surface area contributed by atoms with Crippen LogP contribution in [0.3, 0.4) is 0 Å². The number of rotatable bonds is 5. The predicted octanol–water partition coefficient (Wildman–Crippen LogP) is 3.04. The first-order valence-corrected chi connectivity index (χ1v) is 9.73. The van der Waals surface area contributed by atoms with Crippen LogP contribution in [0.1, 0.15) is 32.4 Å². The second-order valence-corrected chi connectivity index (χ2v) is 7.61. The summed E-state index contributed by atoms with van der Waals surface area (Å²) in [6, 6.07) is 6.80. The summed E-state index contributed by atoms with van der Waals surface area (Å²) in [5.41, 5.74) is 7.75. The Morgan fingerprint density at radius 3 is 2.66 bits per heavy atom. The van der Waals surface area contributed by atoms with Crippen molar-refractivity contribution < 1.29 is 19.0 Å². The van der Waals surface area contributed by atoms with Crippen LogP contribution in [0, 0.1) is 11.3 Å². The molecule has 3 rings (SSSR count). The minimum Gasteiger partial charge on any atom is -0.493 e. The number of amidine groups is 1. The molecule has 2 aliphatic heterocycles. The van der Waals surface area contributed by atoms with Crippen LogP contribution in [0.2, 0.25) is 0 Å². The highest BCUT2D eigenvalue weighted by molar-refractivity contribution is 8.17. The highest BCUT2D eigenvalue weighted by atomic mass is 32.2. The Labute approximate surface area is 173 Å². The summed E-state index contributed by atoms with van der Waals surface area (Å²) in [6.07, 6.45) is -0.309. The van der Waals surface area contributed by atoms with E-state index in [-0.39, 0.29) is 11.9 Å². The predicted molar refractivity (Wildman–Crippen MR) is 110 cm³/mol. The van der Waals surface area contributed by atoms with Crippen molar-refractivity contribution in [3.8, 4) is 17.6 Å². The number of nitrogens with zero attached hydrogens (tertiary/aromatic N) is 3. The minimum atomic E-state index is -0.683. The molecule has 0 bridgehead atoms. The Morgan fingerprint density at radius 2 is 2.07 bits per heavy atom. The van der Waals surface area contributed by atoms with Crippen LogP contribution in [-0.4, -0.2) is 36.4 Å². The van der Waals surface area contributed by atoms with Gasteiger partial charge in [0.25, 0.3) is 0 Å². The molecule has 2 heterocycles. The lowest BCUT2D eigenvalue weighted by atomic mass is 9.93. The first-order valence-electron chi connectivity index (χ1n) is 8.92. The van der Waals surface area contributed by atoms with E-state index in [1.54, 1.807) is 37.8 Å². The van der Waals surface area contributed by atoms with E-state index in [9.17, 15) is 10.1 Å². The third-order valence-electron chi connectivity index (χ3n) is 4.47. The second-order valence-electron chi connectivity index (χ2n) is 6.63. The van der Waals surface area contributed by atoms with Gasteiger partial charge in [-0.25, -0.2) is 9.79 Å². The molecule has 0 fully saturated rings. The summed E-state index contributed by atoms with van der Waals surface area (Å²) in [5.74, 6) is 0.706. The van der Waals surface area contributed by atoms with Crippen molar-refractivity contribution in [2.45, 2.75) is 32.9 Å². The number of para-hydroxylation sites is 1. The van der Waals surface area contributed by atoms with Gasteiger partial charge in [0.15, 0.2) is 16.7 Å². The maximum absolute atomic E-state index is 13.0. The van der Waals surface area contributed by atoms with Crippen LogP contribution in [0.15, 0.2) is 45.2 Å².